The molecule has 1 aromatic carbocycles. The molecule has 8 nitrogen and oxygen atoms in total. The molecule has 23 heavy (non-hydrogen) atoms. The molecule has 1 aromatic rings. The molecule has 0 atom stereocenters. The van der Waals surface area contributed by atoms with E-state index in [9.17, 15) is 23.6 Å². The average molecular weight is 343 g/mol. The number of nitrogens with zero attached hydrogens (tertiary/aromatic N) is 2. The number of hydrogen-bond acceptors (Lipinski definition) is 6. The number of nitro groups is 1. The molecule has 1 fully saturated rings. The van der Waals surface area contributed by atoms with Crippen LogP contribution in [0.15, 0.2) is 23.1 Å². The van der Waals surface area contributed by atoms with Crippen LogP contribution in [0.1, 0.15) is 32.6 Å². The van der Waals surface area contributed by atoms with Crippen LogP contribution in [0.2, 0.25) is 0 Å². The van der Waals surface area contributed by atoms with E-state index in [0.29, 0.717) is 31.4 Å². The third-order valence-electron chi connectivity index (χ3n) is 4.43. The summed E-state index contributed by atoms with van der Waals surface area (Å²) in [5, 5.41) is 26.3. The van der Waals surface area contributed by atoms with E-state index in [1.165, 1.54) is 12.1 Å². The van der Waals surface area contributed by atoms with Crippen molar-refractivity contribution < 1.29 is 18.4 Å². The van der Waals surface area contributed by atoms with Gasteiger partial charge in [-0.3, -0.25) is 10.1 Å². The second kappa shape index (κ2) is 6.06. The van der Waals surface area contributed by atoms with E-state index < -0.39 is 20.5 Å². The molecule has 0 saturated heterocycles. The standard InChI is InChI=1S/C14H21N3O5S/c1-14(18)7-5-10(6-8-14)16(2)12-4-3-11(23(15,21)22)9-13(12)17(19)20/h3-4,9-10,18H,5-8H2,1-2H3,(H2,15,21,22)/t10-,14-. The first kappa shape index (κ1) is 17.6. The third kappa shape index (κ3) is 3.98. The average Bonchev–Trinajstić information content (AvgIpc) is 2.45. The van der Waals surface area contributed by atoms with Gasteiger partial charge in [-0.25, -0.2) is 13.6 Å². The topological polar surface area (TPSA) is 127 Å². The molecule has 0 unspecified atom stereocenters. The van der Waals surface area contributed by atoms with Crippen LogP contribution in [0.25, 0.3) is 0 Å². The largest absolute Gasteiger partial charge is 0.390 e. The first-order valence-corrected chi connectivity index (χ1v) is 8.82. The zero-order chi connectivity index (χ0) is 17.4. The number of aliphatic hydroxyl groups is 1. The zero-order valence-electron chi connectivity index (χ0n) is 13.1. The predicted molar refractivity (Wildman–Crippen MR) is 85.8 cm³/mol. The molecule has 2 rings (SSSR count). The second-order valence-corrected chi connectivity index (χ2v) is 7.85. The quantitative estimate of drug-likeness (QED) is 0.628. The molecule has 1 saturated carbocycles. The van der Waals surface area contributed by atoms with Crippen molar-refractivity contribution in [3.63, 3.8) is 0 Å². The summed E-state index contributed by atoms with van der Waals surface area (Å²) >= 11 is 0. The van der Waals surface area contributed by atoms with Gasteiger partial charge in [0.25, 0.3) is 5.69 Å². The number of benzene rings is 1. The summed E-state index contributed by atoms with van der Waals surface area (Å²) in [7, 11) is -2.26. The van der Waals surface area contributed by atoms with Crippen molar-refractivity contribution in [2.75, 3.05) is 11.9 Å². The van der Waals surface area contributed by atoms with Gasteiger partial charge in [0, 0.05) is 19.2 Å². The van der Waals surface area contributed by atoms with Gasteiger partial charge < -0.3 is 10.0 Å². The fraction of sp³-hybridized carbons (Fsp3) is 0.571. The van der Waals surface area contributed by atoms with Gasteiger partial charge in [-0.05, 0) is 44.7 Å². The lowest BCUT2D eigenvalue weighted by atomic mass is 9.83. The van der Waals surface area contributed by atoms with E-state index in [-0.39, 0.29) is 16.6 Å². The highest BCUT2D eigenvalue weighted by atomic mass is 32.2. The molecule has 1 aliphatic rings. The van der Waals surface area contributed by atoms with Crippen LogP contribution in [-0.2, 0) is 10.0 Å². The van der Waals surface area contributed by atoms with Crippen LogP contribution < -0.4 is 10.0 Å². The Morgan fingerprint density at radius 1 is 1.39 bits per heavy atom. The molecule has 0 heterocycles. The summed E-state index contributed by atoms with van der Waals surface area (Å²) < 4.78 is 22.8. The van der Waals surface area contributed by atoms with E-state index in [1.807, 2.05) is 0 Å². The molecule has 9 heteroatoms. The number of anilines is 1. The number of sulfonamides is 1. The highest BCUT2D eigenvalue weighted by Crippen LogP contribution is 2.36. The summed E-state index contributed by atoms with van der Waals surface area (Å²) in [6.45, 7) is 1.78. The molecule has 1 aliphatic carbocycles. The maximum atomic E-state index is 11.4. The van der Waals surface area contributed by atoms with Crippen LogP contribution in [-0.4, -0.2) is 37.1 Å². The summed E-state index contributed by atoms with van der Waals surface area (Å²) in [5.74, 6) is 0. The number of nitrogens with two attached hydrogens (primary N) is 1. The molecule has 0 aliphatic heterocycles. The van der Waals surface area contributed by atoms with Crippen LogP contribution in [0, 0.1) is 10.1 Å². The first-order valence-electron chi connectivity index (χ1n) is 7.28. The Bertz CT molecular complexity index is 707. The maximum Gasteiger partial charge on any atom is 0.293 e. The Morgan fingerprint density at radius 2 is 1.96 bits per heavy atom. The second-order valence-electron chi connectivity index (χ2n) is 6.29. The van der Waals surface area contributed by atoms with Crippen molar-refractivity contribution in [2.45, 2.75) is 49.1 Å². The monoisotopic (exact) mass is 343 g/mol. The summed E-state index contributed by atoms with van der Waals surface area (Å²) in [6, 6.07) is 3.71. The number of nitro benzene ring substituents is 1. The van der Waals surface area contributed by atoms with Crippen molar-refractivity contribution in [2.24, 2.45) is 5.14 Å². The maximum absolute atomic E-state index is 11.4. The van der Waals surface area contributed by atoms with Crippen LogP contribution in [0.3, 0.4) is 0 Å². The van der Waals surface area contributed by atoms with Crippen molar-refractivity contribution in [3.05, 3.63) is 28.3 Å². The molecule has 0 amide bonds. The minimum atomic E-state index is -4.00. The summed E-state index contributed by atoms with van der Waals surface area (Å²) in [4.78, 5) is 12.2. The van der Waals surface area contributed by atoms with Gasteiger partial charge in [0.1, 0.15) is 5.69 Å². The van der Waals surface area contributed by atoms with Gasteiger partial charge in [0.2, 0.25) is 10.0 Å². The molecule has 0 aromatic heterocycles. The normalized spacial score (nSPS) is 25.1. The Morgan fingerprint density at radius 3 is 2.43 bits per heavy atom. The Kier molecular flexibility index (Phi) is 4.65. The van der Waals surface area contributed by atoms with E-state index in [0.717, 1.165) is 6.07 Å². The van der Waals surface area contributed by atoms with Crippen LogP contribution in [0.4, 0.5) is 11.4 Å². The minimum Gasteiger partial charge on any atom is -0.390 e. The van der Waals surface area contributed by atoms with E-state index in [2.05, 4.69) is 0 Å². The van der Waals surface area contributed by atoms with Gasteiger partial charge >= 0.3 is 0 Å². The van der Waals surface area contributed by atoms with Crippen molar-refractivity contribution in [1.82, 2.24) is 0 Å². The molecular weight excluding hydrogens is 322 g/mol. The number of primary sulfonamides is 1. The number of hydrogen-bond donors (Lipinski definition) is 2. The third-order valence-corrected chi connectivity index (χ3v) is 5.34. The van der Waals surface area contributed by atoms with Gasteiger partial charge in [-0.1, -0.05) is 0 Å². The summed E-state index contributed by atoms with van der Waals surface area (Å²) in [5.41, 5.74) is -0.647. The summed E-state index contributed by atoms with van der Waals surface area (Å²) in [6.07, 6.45) is 2.64. The van der Waals surface area contributed by atoms with E-state index >= 15 is 0 Å². The van der Waals surface area contributed by atoms with Crippen LogP contribution >= 0.6 is 0 Å². The molecular formula is C14H21N3O5S. The lowest BCUT2D eigenvalue weighted by molar-refractivity contribution is -0.384. The minimum absolute atomic E-state index is 0.0502. The van der Waals surface area contributed by atoms with Crippen molar-refractivity contribution in [3.8, 4) is 0 Å². The number of rotatable bonds is 4. The predicted octanol–water partition coefficient (Wildman–Crippen LogP) is 1.37. The molecule has 0 spiro atoms. The molecule has 3 N–H and O–H groups in total. The zero-order valence-corrected chi connectivity index (χ0v) is 13.9. The van der Waals surface area contributed by atoms with E-state index in [1.54, 1.807) is 18.9 Å². The van der Waals surface area contributed by atoms with Gasteiger partial charge in [0.15, 0.2) is 0 Å². The highest BCUT2D eigenvalue weighted by molar-refractivity contribution is 7.89. The fourth-order valence-corrected chi connectivity index (χ4v) is 3.47. The highest BCUT2D eigenvalue weighted by Gasteiger charge is 2.32. The molecule has 128 valence electrons. The molecule has 0 radical (unpaired) electrons. The van der Waals surface area contributed by atoms with Gasteiger partial charge in [-0.2, -0.15) is 0 Å². The smallest absolute Gasteiger partial charge is 0.293 e. The Hall–Kier alpha value is -1.71. The van der Waals surface area contributed by atoms with Crippen molar-refractivity contribution in [1.29, 1.82) is 0 Å². The fourth-order valence-electron chi connectivity index (χ4n) is 2.93. The first-order chi connectivity index (χ1) is 10.5. The lowest BCUT2D eigenvalue weighted by Gasteiger charge is -2.38. The van der Waals surface area contributed by atoms with E-state index in [4.69, 9.17) is 5.14 Å². The van der Waals surface area contributed by atoms with Gasteiger partial charge in [-0.15, -0.1) is 0 Å². The van der Waals surface area contributed by atoms with Crippen molar-refractivity contribution >= 4 is 21.4 Å². The Balaban J connectivity index is 2.33. The lowest BCUT2D eigenvalue weighted by Crippen LogP contribution is -2.40. The van der Waals surface area contributed by atoms with Gasteiger partial charge in [0.05, 0.1) is 15.4 Å². The SMILES string of the molecule is CN(c1ccc(S(N)(=O)=O)cc1[N+](=O)[O-])[C@H]1CC[C@](C)(O)CC1. The molecule has 0 bridgehead atoms. The van der Waals surface area contributed by atoms with Crippen LogP contribution in [0.5, 0.6) is 0 Å². The Labute approximate surface area is 135 Å².